The molecule has 112 valence electrons. The molecular formula is C11H18F4N2O2. The van der Waals surface area contributed by atoms with Crippen LogP contribution in [0.15, 0.2) is 0 Å². The van der Waals surface area contributed by atoms with Crippen molar-refractivity contribution in [1.82, 2.24) is 4.90 Å². The Bertz CT molecular complexity index is 323. The molecule has 1 rings (SSSR count). The van der Waals surface area contributed by atoms with E-state index >= 15 is 0 Å². The van der Waals surface area contributed by atoms with Crippen LogP contribution in [0.25, 0.3) is 0 Å². The number of amides is 1. The summed E-state index contributed by atoms with van der Waals surface area (Å²) in [7, 11) is 0. The van der Waals surface area contributed by atoms with E-state index in [1.165, 1.54) is 0 Å². The molecule has 8 heteroatoms. The van der Waals surface area contributed by atoms with E-state index in [0.717, 1.165) is 4.90 Å². The number of hydrogen-bond acceptors (Lipinski definition) is 3. The van der Waals surface area contributed by atoms with Crippen LogP contribution < -0.4 is 5.73 Å². The first-order valence-electron chi connectivity index (χ1n) is 5.99. The highest BCUT2D eigenvalue weighted by Crippen LogP contribution is 2.40. The SMILES string of the molecule is C[C@H](CCN1CC(F)(F)C(F)(F)C1)[C@@H](O)CC(N)=O. The van der Waals surface area contributed by atoms with Gasteiger partial charge in [-0.1, -0.05) is 6.92 Å². The Labute approximate surface area is 108 Å². The summed E-state index contributed by atoms with van der Waals surface area (Å²) >= 11 is 0. The van der Waals surface area contributed by atoms with Crippen LogP contribution in [0, 0.1) is 5.92 Å². The summed E-state index contributed by atoms with van der Waals surface area (Å²) in [6.45, 7) is -0.348. The highest BCUT2D eigenvalue weighted by atomic mass is 19.3. The summed E-state index contributed by atoms with van der Waals surface area (Å²) in [4.78, 5) is 11.6. The van der Waals surface area contributed by atoms with Crippen molar-refractivity contribution in [3.05, 3.63) is 0 Å². The fraction of sp³-hybridized carbons (Fsp3) is 0.909. The molecule has 3 N–H and O–H groups in total. The first-order chi connectivity index (χ1) is 8.55. The largest absolute Gasteiger partial charge is 0.392 e. The predicted molar refractivity (Wildman–Crippen MR) is 59.9 cm³/mol. The van der Waals surface area contributed by atoms with Gasteiger partial charge in [0.25, 0.3) is 0 Å². The van der Waals surface area contributed by atoms with Crippen molar-refractivity contribution < 1.29 is 27.5 Å². The first kappa shape index (κ1) is 16.2. The Morgan fingerprint density at radius 2 is 1.79 bits per heavy atom. The first-order valence-corrected chi connectivity index (χ1v) is 5.99. The van der Waals surface area contributed by atoms with Crippen LogP contribution in [-0.4, -0.2) is 53.5 Å². The molecule has 0 aromatic rings. The van der Waals surface area contributed by atoms with Gasteiger partial charge in [0, 0.05) is 0 Å². The van der Waals surface area contributed by atoms with Crippen molar-refractivity contribution >= 4 is 5.91 Å². The topological polar surface area (TPSA) is 66.6 Å². The highest BCUT2D eigenvalue weighted by molar-refractivity contribution is 5.74. The van der Waals surface area contributed by atoms with Gasteiger partial charge in [-0.05, 0) is 18.9 Å². The van der Waals surface area contributed by atoms with E-state index < -0.39 is 36.9 Å². The second-order valence-corrected chi connectivity index (χ2v) is 5.12. The fourth-order valence-corrected chi connectivity index (χ4v) is 1.99. The molecule has 1 saturated heterocycles. The second kappa shape index (κ2) is 5.62. The number of nitrogens with zero attached hydrogens (tertiary/aromatic N) is 1. The van der Waals surface area contributed by atoms with Crippen molar-refractivity contribution in [2.45, 2.75) is 37.7 Å². The smallest absolute Gasteiger partial charge is 0.323 e. The van der Waals surface area contributed by atoms with Gasteiger partial charge in [0.05, 0.1) is 25.6 Å². The summed E-state index contributed by atoms with van der Waals surface area (Å²) in [6, 6.07) is 0. The van der Waals surface area contributed by atoms with Gasteiger partial charge in [0.15, 0.2) is 0 Å². The molecule has 1 aliphatic heterocycles. The second-order valence-electron chi connectivity index (χ2n) is 5.12. The number of likely N-dealkylation sites (tertiary alicyclic amines) is 1. The maximum atomic E-state index is 12.9. The third kappa shape index (κ3) is 4.04. The molecule has 19 heavy (non-hydrogen) atoms. The zero-order chi connectivity index (χ0) is 14.8. The van der Waals surface area contributed by atoms with Crippen LogP contribution in [0.2, 0.25) is 0 Å². The lowest BCUT2D eigenvalue weighted by Gasteiger charge is -2.21. The molecule has 0 bridgehead atoms. The van der Waals surface area contributed by atoms with Crippen LogP contribution in [0.3, 0.4) is 0 Å². The Hall–Kier alpha value is -0.890. The molecule has 4 nitrogen and oxygen atoms in total. The average Bonchev–Trinajstić information content (AvgIpc) is 2.43. The zero-order valence-electron chi connectivity index (χ0n) is 10.6. The highest BCUT2D eigenvalue weighted by Gasteiger charge is 2.62. The van der Waals surface area contributed by atoms with Crippen LogP contribution in [-0.2, 0) is 4.79 Å². The van der Waals surface area contributed by atoms with Gasteiger partial charge in [0.2, 0.25) is 5.91 Å². The number of nitrogens with two attached hydrogens (primary N) is 1. The Balaban J connectivity index is 2.40. The number of alkyl halides is 4. The molecule has 2 atom stereocenters. The molecule has 0 aromatic heterocycles. The third-order valence-electron chi connectivity index (χ3n) is 3.35. The maximum Gasteiger partial charge on any atom is 0.323 e. The van der Waals surface area contributed by atoms with E-state index in [4.69, 9.17) is 5.73 Å². The van der Waals surface area contributed by atoms with Crippen LogP contribution in [0.5, 0.6) is 0 Å². The third-order valence-corrected chi connectivity index (χ3v) is 3.35. The van der Waals surface area contributed by atoms with Gasteiger partial charge in [-0.25, -0.2) is 0 Å². The van der Waals surface area contributed by atoms with Gasteiger partial charge in [-0.3, -0.25) is 9.69 Å². The van der Waals surface area contributed by atoms with Crippen molar-refractivity contribution in [3.8, 4) is 0 Å². The number of carbonyl (C=O) groups excluding carboxylic acids is 1. The van der Waals surface area contributed by atoms with E-state index in [-0.39, 0.29) is 25.3 Å². The molecule has 0 spiro atoms. The molecule has 1 fully saturated rings. The van der Waals surface area contributed by atoms with Crippen molar-refractivity contribution in [2.75, 3.05) is 19.6 Å². The average molecular weight is 286 g/mol. The van der Waals surface area contributed by atoms with Crippen molar-refractivity contribution in [1.29, 1.82) is 0 Å². The van der Waals surface area contributed by atoms with Crippen molar-refractivity contribution in [2.24, 2.45) is 11.7 Å². The Morgan fingerprint density at radius 3 is 2.21 bits per heavy atom. The van der Waals surface area contributed by atoms with E-state index in [1.807, 2.05) is 0 Å². The van der Waals surface area contributed by atoms with Gasteiger partial charge in [0.1, 0.15) is 0 Å². The molecule has 1 aliphatic rings. The molecule has 0 unspecified atom stereocenters. The number of carbonyl (C=O) groups is 1. The van der Waals surface area contributed by atoms with Gasteiger partial charge in [-0.15, -0.1) is 0 Å². The summed E-state index contributed by atoms with van der Waals surface area (Å²) < 4.78 is 51.7. The number of aliphatic hydroxyl groups is 1. The number of halogens is 4. The quantitative estimate of drug-likeness (QED) is 0.711. The minimum atomic E-state index is -4.01. The number of rotatable bonds is 6. The zero-order valence-corrected chi connectivity index (χ0v) is 10.6. The summed E-state index contributed by atoms with van der Waals surface area (Å²) in [5.41, 5.74) is 4.91. The minimum absolute atomic E-state index is 0.0160. The lowest BCUT2D eigenvalue weighted by atomic mass is 9.98. The van der Waals surface area contributed by atoms with E-state index in [9.17, 15) is 27.5 Å². The van der Waals surface area contributed by atoms with E-state index in [2.05, 4.69) is 0 Å². The lowest BCUT2D eigenvalue weighted by molar-refractivity contribution is -0.172. The summed E-state index contributed by atoms with van der Waals surface area (Å²) in [6.07, 6.45) is -0.977. The Kier molecular flexibility index (Phi) is 4.78. The van der Waals surface area contributed by atoms with E-state index in [0.29, 0.717) is 0 Å². The maximum absolute atomic E-state index is 12.9. The van der Waals surface area contributed by atoms with Crippen LogP contribution in [0.1, 0.15) is 19.8 Å². The van der Waals surface area contributed by atoms with Gasteiger partial charge >= 0.3 is 11.8 Å². The van der Waals surface area contributed by atoms with Gasteiger partial charge < -0.3 is 10.8 Å². The van der Waals surface area contributed by atoms with Crippen LogP contribution in [0.4, 0.5) is 17.6 Å². The lowest BCUT2D eigenvalue weighted by Crippen LogP contribution is -2.38. The monoisotopic (exact) mass is 286 g/mol. The fourth-order valence-electron chi connectivity index (χ4n) is 1.99. The minimum Gasteiger partial charge on any atom is -0.392 e. The standard InChI is InChI=1S/C11H18F4N2O2/c1-7(8(18)4-9(16)19)2-3-17-5-10(12,13)11(14,15)6-17/h7-8,18H,2-6H2,1H3,(H2,16,19)/t7-,8+/m1/s1. The summed E-state index contributed by atoms with van der Waals surface area (Å²) in [5, 5.41) is 9.55. The van der Waals surface area contributed by atoms with Crippen LogP contribution >= 0.6 is 0 Å². The molecule has 0 saturated carbocycles. The Morgan fingerprint density at radius 1 is 1.32 bits per heavy atom. The molecule has 0 aliphatic carbocycles. The van der Waals surface area contributed by atoms with E-state index in [1.54, 1.807) is 6.92 Å². The molecule has 0 radical (unpaired) electrons. The number of primary amides is 1. The normalized spacial score (nSPS) is 25.2. The number of aliphatic hydroxyl groups excluding tert-OH is 1. The molecule has 1 amide bonds. The molecule has 0 aromatic carbocycles. The summed E-state index contributed by atoms with van der Waals surface area (Å²) in [5.74, 6) is -9.07. The molecular weight excluding hydrogens is 268 g/mol. The van der Waals surface area contributed by atoms with Crippen molar-refractivity contribution in [3.63, 3.8) is 0 Å². The molecule has 1 heterocycles. The number of hydrogen-bond donors (Lipinski definition) is 2. The van der Waals surface area contributed by atoms with Gasteiger partial charge in [-0.2, -0.15) is 17.6 Å². The predicted octanol–water partition coefficient (Wildman–Crippen LogP) is 0.835.